The molecule has 23 heavy (non-hydrogen) atoms. The van der Waals surface area contributed by atoms with E-state index in [0.717, 1.165) is 31.3 Å². The summed E-state index contributed by atoms with van der Waals surface area (Å²) in [7, 11) is 0. The van der Waals surface area contributed by atoms with Gasteiger partial charge in [0.25, 0.3) is 5.97 Å². The first kappa shape index (κ1) is 21.5. The number of anilines is 1. The smallest absolute Gasteiger partial charge is 0.320 e. The normalized spacial score (nSPS) is 11.1. The summed E-state index contributed by atoms with van der Waals surface area (Å²) in [4.78, 5) is 21.8. The molecule has 0 aliphatic carbocycles. The average molecular weight is 365 g/mol. The van der Waals surface area contributed by atoms with Crippen molar-refractivity contribution in [1.29, 1.82) is 0 Å². The van der Waals surface area contributed by atoms with Gasteiger partial charge >= 0.3 is 5.97 Å². The molecule has 0 saturated heterocycles. The summed E-state index contributed by atoms with van der Waals surface area (Å²) >= 11 is 11.5. The van der Waals surface area contributed by atoms with Crippen LogP contribution in [0.4, 0.5) is 5.69 Å². The Morgan fingerprint density at radius 3 is 1.91 bits per heavy atom. The van der Waals surface area contributed by atoms with Gasteiger partial charge < -0.3 is 20.8 Å². The van der Waals surface area contributed by atoms with E-state index in [4.69, 9.17) is 43.9 Å². The summed E-state index contributed by atoms with van der Waals surface area (Å²) in [6, 6.07) is 6.76. The van der Waals surface area contributed by atoms with Crippen molar-refractivity contribution in [1.82, 2.24) is 0 Å². The van der Waals surface area contributed by atoms with Crippen LogP contribution in [0.15, 0.2) is 24.3 Å². The monoisotopic (exact) mass is 364 g/mol. The SMILES string of the molecule is CC(=O)O.N[C@@H](Cc1ccc(N(CCCl)CCCl)cc1)C(=O)O. The first-order valence-corrected chi connectivity index (χ1v) is 8.02. The number of nitrogens with zero attached hydrogens (tertiary/aromatic N) is 1. The maximum Gasteiger partial charge on any atom is 0.320 e. The number of rotatable bonds is 8. The zero-order chi connectivity index (χ0) is 17.8. The molecule has 0 spiro atoms. The van der Waals surface area contributed by atoms with Crippen LogP contribution in [-0.4, -0.2) is 53.0 Å². The molecule has 4 N–H and O–H groups in total. The Morgan fingerprint density at radius 1 is 1.13 bits per heavy atom. The van der Waals surface area contributed by atoms with Crippen LogP contribution in [0.1, 0.15) is 12.5 Å². The standard InChI is InChI=1S/C13H18Cl2N2O2.C2H4O2/c14-5-7-17(8-6-15)11-3-1-10(2-4-11)9-12(16)13(18)19;1-2(3)4/h1-4,12H,5-9,16H2,(H,18,19);1H3,(H,3,4)/t12-;/m0./s1. The van der Waals surface area contributed by atoms with Crippen LogP contribution in [0, 0.1) is 0 Å². The summed E-state index contributed by atoms with van der Waals surface area (Å²) in [6.45, 7) is 2.53. The summed E-state index contributed by atoms with van der Waals surface area (Å²) in [5.41, 5.74) is 7.42. The maximum atomic E-state index is 10.7. The lowest BCUT2D eigenvalue weighted by Crippen LogP contribution is -2.32. The average Bonchev–Trinajstić information content (AvgIpc) is 2.47. The molecule has 0 aliphatic heterocycles. The van der Waals surface area contributed by atoms with Crippen molar-refractivity contribution >= 4 is 40.8 Å². The highest BCUT2D eigenvalue weighted by atomic mass is 35.5. The van der Waals surface area contributed by atoms with E-state index in [9.17, 15) is 4.79 Å². The highest BCUT2D eigenvalue weighted by molar-refractivity contribution is 6.18. The number of carboxylic acid groups (broad SMARTS) is 2. The van der Waals surface area contributed by atoms with Crippen LogP contribution in [0.5, 0.6) is 0 Å². The molecule has 0 bridgehead atoms. The number of hydrogen-bond donors (Lipinski definition) is 3. The van der Waals surface area contributed by atoms with Crippen LogP contribution < -0.4 is 10.6 Å². The molecule has 130 valence electrons. The number of hydrogen-bond acceptors (Lipinski definition) is 4. The molecule has 0 saturated carbocycles. The van der Waals surface area contributed by atoms with Gasteiger partial charge in [0.15, 0.2) is 0 Å². The Kier molecular flexibility index (Phi) is 11.2. The van der Waals surface area contributed by atoms with E-state index in [2.05, 4.69) is 4.90 Å². The van der Waals surface area contributed by atoms with Crippen LogP contribution >= 0.6 is 23.2 Å². The summed E-state index contributed by atoms with van der Waals surface area (Å²) < 4.78 is 0. The lowest BCUT2D eigenvalue weighted by atomic mass is 10.1. The topological polar surface area (TPSA) is 104 Å². The number of nitrogens with two attached hydrogens (primary N) is 1. The summed E-state index contributed by atoms with van der Waals surface area (Å²) in [6.07, 6.45) is 0.320. The van der Waals surface area contributed by atoms with Gasteiger partial charge in [-0.2, -0.15) is 0 Å². The van der Waals surface area contributed by atoms with E-state index in [1.54, 1.807) is 0 Å². The summed E-state index contributed by atoms with van der Waals surface area (Å²) in [5.74, 6) is -0.764. The van der Waals surface area contributed by atoms with Crippen LogP contribution in [0.3, 0.4) is 0 Å². The van der Waals surface area contributed by atoms with E-state index in [-0.39, 0.29) is 0 Å². The molecule has 0 unspecified atom stereocenters. The Labute approximate surface area is 145 Å². The quantitative estimate of drug-likeness (QED) is 0.609. The van der Waals surface area contributed by atoms with Gasteiger partial charge in [-0.1, -0.05) is 12.1 Å². The number of aliphatic carboxylic acids is 2. The molecular weight excluding hydrogens is 343 g/mol. The van der Waals surface area contributed by atoms with Gasteiger partial charge in [-0.15, -0.1) is 23.2 Å². The molecule has 0 aromatic heterocycles. The van der Waals surface area contributed by atoms with Crippen molar-refractivity contribution in [2.75, 3.05) is 29.7 Å². The number of alkyl halides is 2. The Bertz CT molecular complexity index is 473. The largest absolute Gasteiger partial charge is 0.481 e. The molecular formula is C15H22Cl2N2O4. The first-order chi connectivity index (χ1) is 10.8. The maximum absolute atomic E-state index is 10.7. The third-order valence-corrected chi connectivity index (χ3v) is 3.12. The van der Waals surface area contributed by atoms with Gasteiger partial charge in [0.2, 0.25) is 0 Å². The minimum atomic E-state index is -0.991. The van der Waals surface area contributed by atoms with Crippen molar-refractivity contribution in [3.05, 3.63) is 29.8 Å². The number of carbonyl (C=O) groups is 2. The fourth-order valence-corrected chi connectivity index (χ4v) is 2.17. The van der Waals surface area contributed by atoms with Gasteiger partial charge in [-0.05, 0) is 24.1 Å². The van der Waals surface area contributed by atoms with E-state index >= 15 is 0 Å². The van der Waals surface area contributed by atoms with Crippen LogP contribution in [0.2, 0.25) is 0 Å². The lowest BCUT2D eigenvalue weighted by Gasteiger charge is -2.23. The van der Waals surface area contributed by atoms with Gasteiger partial charge in [0.1, 0.15) is 6.04 Å². The van der Waals surface area contributed by atoms with Crippen molar-refractivity contribution in [3.63, 3.8) is 0 Å². The highest BCUT2D eigenvalue weighted by Crippen LogP contribution is 2.16. The number of carboxylic acids is 2. The van der Waals surface area contributed by atoms with Gasteiger partial charge in [-0.25, -0.2) is 0 Å². The fraction of sp³-hybridized carbons (Fsp3) is 0.467. The molecule has 8 heteroatoms. The molecule has 0 radical (unpaired) electrons. The Morgan fingerprint density at radius 2 is 1.57 bits per heavy atom. The molecule has 1 aromatic carbocycles. The minimum Gasteiger partial charge on any atom is -0.481 e. The van der Waals surface area contributed by atoms with E-state index < -0.39 is 18.0 Å². The minimum absolute atomic E-state index is 0.320. The number of benzene rings is 1. The molecule has 0 amide bonds. The molecule has 6 nitrogen and oxygen atoms in total. The second kappa shape index (κ2) is 12.0. The van der Waals surface area contributed by atoms with E-state index in [1.807, 2.05) is 24.3 Å². The first-order valence-electron chi connectivity index (χ1n) is 6.95. The Hall–Kier alpha value is -1.50. The van der Waals surface area contributed by atoms with Gasteiger partial charge in [0.05, 0.1) is 0 Å². The fourth-order valence-electron chi connectivity index (χ4n) is 1.76. The van der Waals surface area contributed by atoms with E-state index in [1.165, 1.54) is 0 Å². The molecule has 0 fully saturated rings. The third-order valence-electron chi connectivity index (χ3n) is 2.78. The lowest BCUT2D eigenvalue weighted by molar-refractivity contribution is -0.138. The van der Waals surface area contributed by atoms with Crippen molar-refractivity contribution in [2.24, 2.45) is 5.73 Å². The molecule has 1 aromatic rings. The molecule has 1 atom stereocenters. The van der Waals surface area contributed by atoms with E-state index in [0.29, 0.717) is 18.2 Å². The predicted octanol–water partition coefficient (Wildman–Crippen LogP) is 2.02. The summed E-state index contributed by atoms with van der Waals surface area (Å²) in [5, 5.41) is 16.2. The Balaban J connectivity index is 0.00000108. The third kappa shape index (κ3) is 9.99. The van der Waals surface area contributed by atoms with Crippen LogP contribution in [0.25, 0.3) is 0 Å². The predicted molar refractivity (Wildman–Crippen MR) is 92.7 cm³/mol. The van der Waals surface area contributed by atoms with Crippen molar-refractivity contribution in [2.45, 2.75) is 19.4 Å². The van der Waals surface area contributed by atoms with Gasteiger partial charge in [-0.3, -0.25) is 9.59 Å². The molecule has 1 rings (SSSR count). The zero-order valence-electron chi connectivity index (χ0n) is 12.9. The van der Waals surface area contributed by atoms with Gasteiger partial charge in [0, 0.05) is 37.5 Å². The highest BCUT2D eigenvalue weighted by Gasteiger charge is 2.12. The second-order valence-electron chi connectivity index (χ2n) is 4.70. The van der Waals surface area contributed by atoms with Crippen molar-refractivity contribution < 1.29 is 19.8 Å². The zero-order valence-corrected chi connectivity index (χ0v) is 14.4. The van der Waals surface area contributed by atoms with Crippen molar-refractivity contribution in [3.8, 4) is 0 Å². The number of halogens is 2. The second-order valence-corrected chi connectivity index (χ2v) is 5.46. The molecule has 0 heterocycles. The molecule has 0 aliphatic rings. The van der Waals surface area contributed by atoms with Crippen LogP contribution in [-0.2, 0) is 16.0 Å².